The summed E-state index contributed by atoms with van der Waals surface area (Å²) < 4.78 is 11.1. The van der Waals surface area contributed by atoms with Crippen LogP contribution in [0.3, 0.4) is 0 Å². The lowest BCUT2D eigenvalue weighted by molar-refractivity contribution is -0.0115. The summed E-state index contributed by atoms with van der Waals surface area (Å²) in [4.78, 5) is 4.53. The zero-order chi connectivity index (χ0) is 14.5. The van der Waals surface area contributed by atoms with Crippen LogP contribution in [0.1, 0.15) is 43.5 Å². The van der Waals surface area contributed by atoms with Crippen LogP contribution < -0.4 is 0 Å². The summed E-state index contributed by atoms with van der Waals surface area (Å²) in [6, 6.07) is 10.2. The standard InChI is InChI=1S/C17H22N2O2/c1-2-15-10-14(8-9-20-15)12-17-18-16(19-21-17)11-13-6-4-3-5-7-13/h3-7,14-15H,2,8-12H2,1H3/t14-,15+/m0/s1. The van der Waals surface area contributed by atoms with Crippen LogP contribution >= 0.6 is 0 Å². The SMILES string of the molecule is CC[C@@H]1C[C@@H](Cc2nc(Cc3ccccc3)no2)CCO1. The Morgan fingerprint density at radius 3 is 2.90 bits per heavy atom. The summed E-state index contributed by atoms with van der Waals surface area (Å²) in [6.07, 6.45) is 5.28. The van der Waals surface area contributed by atoms with Crippen molar-refractivity contribution in [2.45, 2.75) is 45.1 Å². The molecule has 0 radical (unpaired) electrons. The number of nitrogens with zero attached hydrogens (tertiary/aromatic N) is 2. The highest BCUT2D eigenvalue weighted by Crippen LogP contribution is 2.25. The normalized spacial score (nSPS) is 22.3. The van der Waals surface area contributed by atoms with Gasteiger partial charge < -0.3 is 9.26 Å². The molecule has 4 heteroatoms. The number of hydrogen-bond acceptors (Lipinski definition) is 4. The smallest absolute Gasteiger partial charge is 0.226 e. The van der Waals surface area contributed by atoms with Crippen LogP contribution in [-0.2, 0) is 17.6 Å². The third-order valence-electron chi connectivity index (χ3n) is 4.11. The lowest BCUT2D eigenvalue weighted by Gasteiger charge is -2.27. The Labute approximate surface area is 125 Å². The first-order valence-corrected chi connectivity index (χ1v) is 7.80. The zero-order valence-corrected chi connectivity index (χ0v) is 12.5. The van der Waals surface area contributed by atoms with E-state index in [-0.39, 0.29) is 0 Å². The molecule has 21 heavy (non-hydrogen) atoms. The van der Waals surface area contributed by atoms with Crippen LogP contribution in [0.2, 0.25) is 0 Å². The maximum absolute atomic E-state index is 5.71. The molecule has 1 aromatic heterocycles. The van der Waals surface area contributed by atoms with E-state index in [0.717, 1.165) is 50.4 Å². The van der Waals surface area contributed by atoms with Gasteiger partial charge in [-0.15, -0.1) is 0 Å². The molecule has 0 amide bonds. The van der Waals surface area contributed by atoms with Gasteiger partial charge in [0.05, 0.1) is 6.10 Å². The van der Waals surface area contributed by atoms with E-state index >= 15 is 0 Å². The molecule has 0 N–H and O–H groups in total. The molecule has 1 fully saturated rings. The molecule has 1 aromatic carbocycles. The Morgan fingerprint density at radius 1 is 1.24 bits per heavy atom. The van der Waals surface area contributed by atoms with E-state index in [4.69, 9.17) is 9.26 Å². The summed E-state index contributed by atoms with van der Waals surface area (Å²) in [5, 5.41) is 4.10. The third-order valence-corrected chi connectivity index (χ3v) is 4.11. The molecule has 3 rings (SSSR count). The largest absolute Gasteiger partial charge is 0.378 e. The van der Waals surface area contributed by atoms with Gasteiger partial charge in [0.25, 0.3) is 0 Å². The Kier molecular flexibility index (Phi) is 4.65. The molecule has 1 aliphatic rings. The van der Waals surface area contributed by atoms with Crippen LogP contribution in [0.4, 0.5) is 0 Å². The van der Waals surface area contributed by atoms with Crippen molar-refractivity contribution in [1.82, 2.24) is 10.1 Å². The van der Waals surface area contributed by atoms with E-state index < -0.39 is 0 Å². The van der Waals surface area contributed by atoms with Crippen molar-refractivity contribution in [2.75, 3.05) is 6.61 Å². The predicted octanol–water partition coefficient (Wildman–Crippen LogP) is 3.41. The fourth-order valence-electron chi connectivity index (χ4n) is 2.90. The number of benzene rings is 1. The van der Waals surface area contributed by atoms with Gasteiger partial charge in [0.2, 0.25) is 5.89 Å². The molecule has 2 atom stereocenters. The number of aromatic nitrogens is 2. The first-order valence-electron chi connectivity index (χ1n) is 7.80. The Hall–Kier alpha value is -1.68. The summed E-state index contributed by atoms with van der Waals surface area (Å²) in [6.45, 7) is 3.03. The van der Waals surface area contributed by atoms with E-state index in [1.54, 1.807) is 0 Å². The minimum Gasteiger partial charge on any atom is -0.378 e. The molecular weight excluding hydrogens is 264 g/mol. The monoisotopic (exact) mass is 286 g/mol. The van der Waals surface area contributed by atoms with E-state index in [1.165, 1.54) is 5.56 Å². The van der Waals surface area contributed by atoms with E-state index in [2.05, 4.69) is 29.2 Å². The average molecular weight is 286 g/mol. The second-order valence-electron chi connectivity index (χ2n) is 5.76. The Morgan fingerprint density at radius 2 is 2.10 bits per heavy atom. The summed E-state index contributed by atoms with van der Waals surface area (Å²) in [5.41, 5.74) is 1.21. The lowest BCUT2D eigenvalue weighted by atomic mass is 9.91. The summed E-state index contributed by atoms with van der Waals surface area (Å²) in [7, 11) is 0. The third kappa shape index (κ3) is 3.91. The predicted molar refractivity (Wildman–Crippen MR) is 80.0 cm³/mol. The molecule has 0 saturated carbocycles. The molecule has 2 aromatic rings. The maximum Gasteiger partial charge on any atom is 0.226 e. The average Bonchev–Trinajstić information content (AvgIpc) is 2.95. The molecule has 0 aliphatic carbocycles. The highest BCUT2D eigenvalue weighted by atomic mass is 16.5. The zero-order valence-electron chi connectivity index (χ0n) is 12.5. The number of rotatable bonds is 5. The molecule has 4 nitrogen and oxygen atoms in total. The van der Waals surface area contributed by atoms with Gasteiger partial charge in [-0.3, -0.25) is 0 Å². The molecule has 0 spiro atoms. The quantitative estimate of drug-likeness (QED) is 0.845. The van der Waals surface area contributed by atoms with Crippen molar-refractivity contribution >= 4 is 0 Å². The lowest BCUT2D eigenvalue weighted by Crippen LogP contribution is -2.26. The number of ether oxygens (including phenoxy) is 1. The molecule has 0 unspecified atom stereocenters. The van der Waals surface area contributed by atoms with Crippen molar-refractivity contribution in [1.29, 1.82) is 0 Å². The van der Waals surface area contributed by atoms with Crippen molar-refractivity contribution in [3.8, 4) is 0 Å². The van der Waals surface area contributed by atoms with E-state index in [9.17, 15) is 0 Å². The van der Waals surface area contributed by atoms with Crippen molar-refractivity contribution in [3.63, 3.8) is 0 Å². The van der Waals surface area contributed by atoms with Gasteiger partial charge in [0.1, 0.15) is 0 Å². The molecule has 1 saturated heterocycles. The topological polar surface area (TPSA) is 48.2 Å². The molecule has 112 valence electrons. The van der Waals surface area contributed by atoms with Gasteiger partial charge in [-0.2, -0.15) is 4.98 Å². The molecule has 1 aliphatic heterocycles. The van der Waals surface area contributed by atoms with Gasteiger partial charge in [0, 0.05) is 19.4 Å². The van der Waals surface area contributed by atoms with Gasteiger partial charge in [-0.1, -0.05) is 42.4 Å². The van der Waals surface area contributed by atoms with Crippen molar-refractivity contribution in [3.05, 3.63) is 47.6 Å². The van der Waals surface area contributed by atoms with Crippen LogP contribution in [-0.4, -0.2) is 22.9 Å². The van der Waals surface area contributed by atoms with E-state index in [0.29, 0.717) is 12.0 Å². The van der Waals surface area contributed by atoms with Crippen LogP contribution in [0.5, 0.6) is 0 Å². The van der Waals surface area contributed by atoms with Gasteiger partial charge in [0.15, 0.2) is 5.82 Å². The van der Waals surface area contributed by atoms with Gasteiger partial charge in [-0.25, -0.2) is 0 Å². The summed E-state index contributed by atoms with van der Waals surface area (Å²) >= 11 is 0. The summed E-state index contributed by atoms with van der Waals surface area (Å²) in [5.74, 6) is 2.15. The van der Waals surface area contributed by atoms with Crippen LogP contribution in [0.15, 0.2) is 34.9 Å². The fourth-order valence-corrected chi connectivity index (χ4v) is 2.90. The molecular formula is C17H22N2O2. The fraction of sp³-hybridized carbons (Fsp3) is 0.529. The highest BCUT2D eigenvalue weighted by molar-refractivity contribution is 5.18. The highest BCUT2D eigenvalue weighted by Gasteiger charge is 2.23. The first-order chi connectivity index (χ1) is 10.3. The van der Waals surface area contributed by atoms with Crippen molar-refractivity contribution in [2.24, 2.45) is 5.92 Å². The Balaban J connectivity index is 1.57. The van der Waals surface area contributed by atoms with E-state index in [1.807, 2.05) is 18.2 Å². The molecule has 0 bridgehead atoms. The maximum atomic E-state index is 5.71. The van der Waals surface area contributed by atoms with Gasteiger partial charge in [-0.05, 0) is 30.7 Å². The minimum absolute atomic E-state index is 0.399. The second kappa shape index (κ2) is 6.85. The number of hydrogen-bond donors (Lipinski definition) is 0. The minimum atomic E-state index is 0.399. The van der Waals surface area contributed by atoms with Crippen molar-refractivity contribution < 1.29 is 9.26 Å². The molecule has 2 heterocycles. The van der Waals surface area contributed by atoms with Crippen LogP contribution in [0, 0.1) is 5.92 Å². The Bertz CT molecular complexity index is 553. The first kappa shape index (κ1) is 14.3. The van der Waals surface area contributed by atoms with Gasteiger partial charge >= 0.3 is 0 Å². The van der Waals surface area contributed by atoms with Crippen LogP contribution in [0.25, 0.3) is 0 Å². The second-order valence-corrected chi connectivity index (χ2v) is 5.76.